The Kier molecular flexibility index (Phi) is 5.17. The summed E-state index contributed by atoms with van der Waals surface area (Å²) < 4.78 is 13.7. The number of aromatic nitrogens is 1. The number of likely N-dealkylation sites (tertiary alicyclic amines) is 1. The second kappa shape index (κ2) is 8.47. The minimum absolute atomic E-state index is 0.0405. The second-order valence-electron chi connectivity index (χ2n) is 11.0. The van der Waals surface area contributed by atoms with Gasteiger partial charge in [0.15, 0.2) is 0 Å². The lowest BCUT2D eigenvalue weighted by Gasteiger charge is -2.42. The molecule has 0 saturated carbocycles. The molecule has 0 N–H and O–H groups in total. The summed E-state index contributed by atoms with van der Waals surface area (Å²) in [7, 11) is 0. The van der Waals surface area contributed by atoms with Gasteiger partial charge in [0.05, 0.1) is 0 Å². The normalized spacial score (nSPS) is 20.7. The van der Waals surface area contributed by atoms with Gasteiger partial charge in [-0.2, -0.15) is 0 Å². The zero-order chi connectivity index (χ0) is 25.3. The third-order valence-corrected chi connectivity index (χ3v) is 8.78. The van der Waals surface area contributed by atoms with Gasteiger partial charge < -0.3 is 18.3 Å². The van der Waals surface area contributed by atoms with E-state index in [1.165, 1.54) is 5.56 Å². The van der Waals surface area contributed by atoms with Gasteiger partial charge >= 0.3 is 5.63 Å². The third kappa shape index (κ3) is 3.66. The Hall–Kier alpha value is -3.61. The van der Waals surface area contributed by atoms with Crippen molar-refractivity contribution in [1.82, 2.24) is 9.47 Å². The zero-order valence-electron chi connectivity index (χ0n) is 21.0. The number of pyridine rings is 1. The van der Waals surface area contributed by atoms with Gasteiger partial charge in [-0.3, -0.25) is 9.59 Å². The highest BCUT2D eigenvalue weighted by Crippen LogP contribution is 2.37. The van der Waals surface area contributed by atoms with Crippen LogP contribution in [0.3, 0.4) is 0 Å². The molecule has 2 atom stereocenters. The predicted octanol–water partition coefficient (Wildman–Crippen LogP) is 4.47. The Morgan fingerprint density at radius 2 is 1.84 bits per heavy atom. The van der Waals surface area contributed by atoms with Crippen LogP contribution in [-0.4, -0.2) is 28.5 Å². The van der Waals surface area contributed by atoms with Gasteiger partial charge in [0.25, 0.3) is 5.56 Å². The number of hydrogen-bond acceptors (Lipinski definition) is 5. The highest BCUT2D eigenvalue weighted by Gasteiger charge is 2.36. The number of fused-ring (bicyclic) bond motifs is 8. The van der Waals surface area contributed by atoms with Crippen molar-refractivity contribution in [1.29, 1.82) is 0 Å². The fourth-order valence-electron chi connectivity index (χ4n) is 6.92. The van der Waals surface area contributed by atoms with E-state index in [-0.39, 0.29) is 35.3 Å². The number of furan rings is 1. The first kappa shape index (κ1) is 22.6. The topological polar surface area (TPSA) is 85.7 Å². The molecule has 5 heterocycles. The molecule has 7 heteroatoms. The van der Waals surface area contributed by atoms with Crippen LogP contribution in [0.1, 0.15) is 59.7 Å². The van der Waals surface area contributed by atoms with Gasteiger partial charge in [0, 0.05) is 78.1 Å². The van der Waals surface area contributed by atoms with Crippen LogP contribution in [0.25, 0.3) is 21.9 Å². The molecule has 3 aliphatic rings. The summed E-state index contributed by atoms with van der Waals surface area (Å²) >= 11 is 0. The van der Waals surface area contributed by atoms with E-state index < -0.39 is 0 Å². The quantitative estimate of drug-likeness (QED) is 0.389. The number of carbonyl (C=O) groups is 1. The van der Waals surface area contributed by atoms with E-state index in [1.807, 2.05) is 34.6 Å². The molecule has 190 valence electrons. The van der Waals surface area contributed by atoms with Crippen LogP contribution in [0, 0.1) is 12.8 Å². The average molecular weight is 499 g/mol. The van der Waals surface area contributed by atoms with Crippen molar-refractivity contribution < 1.29 is 13.6 Å². The van der Waals surface area contributed by atoms with Gasteiger partial charge in [-0.15, -0.1) is 0 Å². The maximum atomic E-state index is 13.3. The lowest BCUT2D eigenvalue weighted by atomic mass is 9.83. The lowest BCUT2D eigenvalue weighted by Crippen LogP contribution is -2.49. The van der Waals surface area contributed by atoms with Crippen molar-refractivity contribution in [2.75, 3.05) is 13.1 Å². The van der Waals surface area contributed by atoms with E-state index in [4.69, 9.17) is 8.83 Å². The lowest BCUT2D eigenvalue weighted by molar-refractivity contribution is -0.133. The molecule has 7 nitrogen and oxygen atoms in total. The minimum Gasteiger partial charge on any atom is -0.461 e. The van der Waals surface area contributed by atoms with Gasteiger partial charge in [0.2, 0.25) is 5.91 Å². The number of piperidine rings is 1. The Balaban J connectivity index is 1.14. The summed E-state index contributed by atoms with van der Waals surface area (Å²) in [6.45, 7) is 3.89. The monoisotopic (exact) mass is 498 g/mol. The van der Waals surface area contributed by atoms with Crippen LogP contribution in [0.2, 0.25) is 0 Å². The third-order valence-electron chi connectivity index (χ3n) is 8.78. The van der Waals surface area contributed by atoms with Crippen LogP contribution < -0.4 is 11.2 Å². The van der Waals surface area contributed by atoms with Crippen molar-refractivity contribution in [3.63, 3.8) is 0 Å². The first-order chi connectivity index (χ1) is 18.0. The van der Waals surface area contributed by atoms with E-state index in [0.717, 1.165) is 65.5 Å². The number of carbonyl (C=O) groups excluding carboxylic acids is 1. The van der Waals surface area contributed by atoms with Crippen LogP contribution in [0.15, 0.2) is 48.8 Å². The molecule has 2 bridgehead atoms. The fraction of sp³-hybridized carbons (Fsp3) is 0.433. The van der Waals surface area contributed by atoms with Crippen LogP contribution in [-0.2, 0) is 30.6 Å². The van der Waals surface area contributed by atoms with Gasteiger partial charge in [-0.1, -0.05) is 6.07 Å². The van der Waals surface area contributed by atoms with E-state index in [9.17, 15) is 14.4 Å². The average Bonchev–Trinajstić information content (AvgIpc) is 3.25. The van der Waals surface area contributed by atoms with Crippen LogP contribution in [0.5, 0.6) is 0 Å². The van der Waals surface area contributed by atoms with Crippen molar-refractivity contribution in [3.05, 3.63) is 79.3 Å². The summed E-state index contributed by atoms with van der Waals surface area (Å²) in [6.07, 6.45) is 5.90. The highest BCUT2D eigenvalue weighted by atomic mass is 16.4. The molecule has 0 spiro atoms. The van der Waals surface area contributed by atoms with Crippen LogP contribution in [0.4, 0.5) is 0 Å². The largest absolute Gasteiger partial charge is 0.461 e. The molecule has 3 aromatic heterocycles. The Morgan fingerprint density at radius 3 is 2.73 bits per heavy atom. The molecule has 4 aromatic rings. The minimum atomic E-state index is -0.378. The summed E-state index contributed by atoms with van der Waals surface area (Å²) in [4.78, 5) is 40.5. The highest BCUT2D eigenvalue weighted by molar-refractivity contribution is 5.97. The predicted molar refractivity (Wildman–Crippen MR) is 140 cm³/mol. The molecule has 1 aliphatic carbocycles. The molecule has 1 fully saturated rings. The number of nitrogens with zero attached hydrogens (tertiary/aromatic N) is 2. The molecule has 2 unspecified atom stereocenters. The Morgan fingerprint density at radius 1 is 1.00 bits per heavy atom. The van der Waals surface area contributed by atoms with Crippen molar-refractivity contribution in [2.24, 2.45) is 5.92 Å². The molecule has 1 saturated heterocycles. The van der Waals surface area contributed by atoms with Crippen molar-refractivity contribution in [2.45, 2.75) is 64.3 Å². The van der Waals surface area contributed by atoms with E-state index >= 15 is 0 Å². The van der Waals surface area contributed by atoms with Gasteiger partial charge in [-0.25, -0.2) is 4.79 Å². The van der Waals surface area contributed by atoms with E-state index in [0.29, 0.717) is 37.2 Å². The number of benzene rings is 1. The number of amides is 1. The Bertz CT molecular complexity index is 1690. The second-order valence-corrected chi connectivity index (χ2v) is 11.0. The van der Waals surface area contributed by atoms with Gasteiger partial charge in [-0.05, 0) is 62.6 Å². The number of aryl methyl sites for hydroxylation is 3. The Labute approximate surface area is 213 Å². The standard InChI is InChI=1S/C30H30N2O5/c1-17-20(30(35)37-26-13-27-23(12-22(17)26)21-5-2-3-7-25(21)36-27)9-10-28(33)31-14-18-11-19(16-31)24-6-4-8-29(34)32(24)15-18/h4,6,8,12-13,18-19H,2-3,5,7,9-11,14-16H2,1H3. The summed E-state index contributed by atoms with van der Waals surface area (Å²) in [5.41, 5.74) is 4.75. The SMILES string of the molecule is Cc1c(CCC(=O)N2CC3CC(C2)c2cccc(=O)n2C3)c(=O)oc2cc3oc4c(c3cc12)CCCC4. The fourth-order valence-corrected chi connectivity index (χ4v) is 6.92. The van der Waals surface area contributed by atoms with E-state index in [1.54, 1.807) is 6.07 Å². The zero-order valence-corrected chi connectivity index (χ0v) is 21.0. The van der Waals surface area contributed by atoms with E-state index in [2.05, 4.69) is 6.07 Å². The molecular weight excluding hydrogens is 468 g/mol. The van der Waals surface area contributed by atoms with Crippen molar-refractivity contribution >= 4 is 27.8 Å². The first-order valence-corrected chi connectivity index (χ1v) is 13.4. The smallest absolute Gasteiger partial charge is 0.339 e. The molecule has 1 aromatic carbocycles. The first-order valence-electron chi connectivity index (χ1n) is 13.4. The summed E-state index contributed by atoms with van der Waals surface area (Å²) in [6, 6.07) is 9.38. The molecule has 7 rings (SSSR count). The van der Waals surface area contributed by atoms with Gasteiger partial charge in [0.1, 0.15) is 16.9 Å². The molecule has 0 radical (unpaired) electrons. The van der Waals surface area contributed by atoms with Crippen LogP contribution >= 0.6 is 0 Å². The van der Waals surface area contributed by atoms with Crippen molar-refractivity contribution in [3.8, 4) is 0 Å². The summed E-state index contributed by atoms with van der Waals surface area (Å²) in [5, 5.41) is 2.03. The molecule has 1 amide bonds. The molecule has 37 heavy (non-hydrogen) atoms. The molecular formula is C30H30N2O5. The number of hydrogen-bond donors (Lipinski definition) is 0. The summed E-state index contributed by atoms with van der Waals surface area (Å²) in [5.74, 6) is 1.58. The number of rotatable bonds is 3. The molecule has 2 aliphatic heterocycles. The maximum Gasteiger partial charge on any atom is 0.339 e. The maximum absolute atomic E-state index is 13.3.